The SMILES string of the molecule is C=C(CCNC(=O)C1=NO[C@@H](c2ccccc2)C1)c1nnc(C2CC(OC(F)(F)F)C2)o1. The van der Waals surface area contributed by atoms with Crippen molar-refractivity contribution in [2.45, 2.75) is 50.2 Å². The third-order valence-corrected chi connectivity index (χ3v) is 5.30. The molecule has 0 unspecified atom stereocenters. The number of hydrogen-bond donors (Lipinski definition) is 1. The van der Waals surface area contributed by atoms with Gasteiger partial charge in [-0.05, 0) is 24.8 Å². The van der Waals surface area contributed by atoms with Crippen molar-refractivity contribution < 1.29 is 32.0 Å². The molecule has 1 aromatic carbocycles. The average Bonchev–Trinajstić information content (AvgIpc) is 3.40. The zero-order chi connectivity index (χ0) is 22.7. The summed E-state index contributed by atoms with van der Waals surface area (Å²) in [5.74, 6) is -0.140. The molecular weight excluding hydrogens is 429 g/mol. The number of rotatable bonds is 8. The van der Waals surface area contributed by atoms with Crippen LogP contribution in [0.1, 0.15) is 55.1 Å². The van der Waals surface area contributed by atoms with Crippen LogP contribution >= 0.6 is 0 Å². The van der Waals surface area contributed by atoms with Crippen LogP contribution in [0.2, 0.25) is 0 Å². The van der Waals surface area contributed by atoms with E-state index in [-0.39, 0.29) is 49.1 Å². The van der Waals surface area contributed by atoms with Gasteiger partial charge in [-0.25, -0.2) is 0 Å². The lowest BCUT2D eigenvalue weighted by molar-refractivity contribution is -0.352. The van der Waals surface area contributed by atoms with Crippen molar-refractivity contribution in [1.29, 1.82) is 0 Å². The first-order valence-corrected chi connectivity index (χ1v) is 10.1. The van der Waals surface area contributed by atoms with Gasteiger partial charge in [-0.3, -0.25) is 9.53 Å². The molecule has 11 heteroatoms. The molecule has 1 saturated carbocycles. The molecule has 1 fully saturated rings. The number of carbonyl (C=O) groups is 1. The van der Waals surface area contributed by atoms with Crippen LogP contribution in [0.4, 0.5) is 13.2 Å². The number of halogens is 3. The molecule has 2 heterocycles. The minimum atomic E-state index is -4.65. The van der Waals surface area contributed by atoms with Crippen LogP contribution in [-0.4, -0.2) is 40.8 Å². The van der Waals surface area contributed by atoms with E-state index < -0.39 is 12.5 Å². The lowest BCUT2D eigenvalue weighted by atomic mass is 9.82. The second-order valence-corrected chi connectivity index (χ2v) is 7.66. The van der Waals surface area contributed by atoms with E-state index >= 15 is 0 Å². The van der Waals surface area contributed by atoms with Gasteiger partial charge in [-0.1, -0.05) is 42.1 Å². The number of benzene rings is 1. The van der Waals surface area contributed by atoms with E-state index in [1.165, 1.54) is 0 Å². The van der Waals surface area contributed by atoms with E-state index in [4.69, 9.17) is 9.25 Å². The highest BCUT2D eigenvalue weighted by molar-refractivity contribution is 6.39. The van der Waals surface area contributed by atoms with Crippen LogP contribution in [0, 0.1) is 0 Å². The molecule has 1 aliphatic carbocycles. The van der Waals surface area contributed by atoms with E-state index in [0.717, 1.165) is 5.56 Å². The molecule has 1 N–H and O–H groups in total. The maximum Gasteiger partial charge on any atom is 0.522 e. The molecule has 1 atom stereocenters. The van der Waals surface area contributed by atoms with Gasteiger partial charge in [0.05, 0.1) is 6.10 Å². The van der Waals surface area contributed by atoms with Crippen LogP contribution in [0.25, 0.3) is 5.57 Å². The molecule has 0 saturated heterocycles. The Kier molecular flexibility index (Phi) is 6.26. The Balaban J connectivity index is 1.19. The lowest BCUT2D eigenvalue weighted by Crippen LogP contribution is -2.34. The largest absolute Gasteiger partial charge is 0.522 e. The molecule has 170 valence electrons. The highest BCUT2D eigenvalue weighted by atomic mass is 19.4. The number of aromatic nitrogens is 2. The third kappa shape index (κ3) is 5.34. The summed E-state index contributed by atoms with van der Waals surface area (Å²) in [5, 5.41) is 14.4. The summed E-state index contributed by atoms with van der Waals surface area (Å²) in [6, 6.07) is 9.51. The zero-order valence-electron chi connectivity index (χ0n) is 17.0. The Morgan fingerprint density at radius 1 is 1.22 bits per heavy atom. The molecule has 4 rings (SSSR count). The fraction of sp³-hybridized carbons (Fsp3) is 0.429. The van der Waals surface area contributed by atoms with E-state index in [0.29, 0.717) is 24.1 Å². The zero-order valence-corrected chi connectivity index (χ0v) is 17.0. The van der Waals surface area contributed by atoms with Crippen molar-refractivity contribution in [2.75, 3.05) is 6.54 Å². The molecule has 0 bridgehead atoms. The van der Waals surface area contributed by atoms with Gasteiger partial charge in [0.15, 0.2) is 6.10 Å². The first-order chi connectivity index (χ1) is 15.3. The summed E-state index contributed by atoms with van der Waals surface area (Å²) in [5.41, 5.74) is 1.77. The van der Waals surface area contributed by atoms with Gasteiger partial charge in [0, 0.05) is 24.5 Å². The normalized spacial score (nSPS) is 22.6. The molecule has 2 aliphatic rings. The van der Waals surface area contributed by atoms with Crippen molar-refractivity contribution in [2.24, 2.45) is 5.16 Å². The number of carbonyl (C=O) groups excluding carboxylic acids is 1. The second-order valence-electron chi connectivity index (χ2n) is 7.66. The summed E-state index contributed by atoms with van der Waals surface area (Å²) in [4.78, 5) is 17.7. The molecule has 1 aromatic heterocycles. The van der Waals surface area contributed by atoms with E-state index in [1.54, 1.807) is 0 Å². The molecule has 8 nitrogen and oxygen atoms in total. The summed E-state index contributed by atoms with van der Waals surface area (Å²) in [6.07, 6.45) is -4.75. The first-order valence-electron chi connectivity index (χ1n) is 10.1. The van der Waals surface area contributed by atoms with Gasteiger partial charge in [0.25, 0.3) is 5.91 Å². The number of oxime groups is 1. The summed E-state index contributed by atoms with van der Waals surface area (Å²) >= 11 is 0. The predicted octanol–water partition coefficient (Wildman–Crippen LogP) is 3.89. The second kappa shape index (κ2) is 9.11. The maximum absolute atomic E-state index is 12.3. The molecular formula is C21H21F3N4O4. The van der Waals surface area contributed by atoms with Crippen molar-refractivity contribution in [3.8, 4) is 0 Å². The fourth-order valence-electron chi connectivity index (χ4n) is 3.49. The number of hydrogen-bond acceptors (Lipinski definition) is 7. The van der Waals surface area contributed by atoms with Gasteiger partial charge in [0.1, 0.15) is 5.71 Å². The van der Waals surface area contributed by atoms with Crippen LogP contribution < -0.4 is 5.32 Å². The first kappa shape index (κ1) is 22.0. The number of ether oxygens (including phenoxy) is 1. The monoisotopic (exact) mass is 450 g/mol. The van der Waals surface area contributed by atoms with E-state index in [2.05, 4.69) is 32.0 Å². The predicted molar refractivity (Wildman–Crippen MR) is 106 cm³/mol. The molecule has 0 radical (unpaired) electrons. The summed E-state index contributed by atoms with van der Waals surface area (Å²) in [6.45, 7) is 4.15. The summed E-state index contributed by atoms with van der Waals surface area (Å²) < 4.78 is 46.1. The quantitative estimate of drug-likeness (QED) is 0.655. The Labute approximate surface area is 181 Å². The molecule has 0 spiro atoms. The van der Waals surface area contributed by atoms with Crippen LogP contribution in [0.15, 0.2) is 46.5 Å². The third-order valence-electron chi connectivity index (χ3n) is 5.30. The summed E-state index contributed by atoms with van der Waals surface area (Å²) in [7, 11) is 0. The molecule has 1 aliphatic heterocycles. The van der Waals surface area contributed by atoms with Gasteiger partial charge < -0.3 is 14.6 Å². The van der Waals surface area contributed by atoms with Crippen molar-refractivity contribution in [1.82, 2.24) is 15.5 Å². The van der Waals surface area contributed by atoms with Gasteiger partial charge in [-0.15, -0.1) is 23.4 Å². The average molecular weight is 450 g/mol. The minimum absolute atomic E-state index is 0.165. The lowest BCUT2D eigenvalue weighted by Gasteiger charge is -2.32. The minimum Gasteiger partial charge on any atom is -0.421 e. The smallest absolute Gasteiger partial charge is 0.421 e. The van der Waals surface area contributed by atoms with Crippen LogP contribution in [0.3, 0.4) is 0 Å². The number of nitrogens with zero attached hydrogens (tertiary/aromatic N) is 3. The van der Waals surface area contributed by atoms with Crippen LogP contribution in [-0.2, 0) is 14.4 Å². The van der Waals surface area contributed by atoms with E-state index in [9.17, 15) is 18.0 Å². The van der Waals surface area contributed by atoms with Crippen molar-refractivity contribution >= 4 is 17.2 Å². The highest BCUT2D eigenvalue weighted by Crippen LogP contribution is 2.41. The highest BCUT2D eigenvalue weighted by Gasteiger charge is 2.42. The topological polar surface area (TPSA) is 98.8 Å². The number of nitrogens with one attached hydrogen (secondary N) is 1. The van der Waals surface area contributed by atoms with Crippen molar-refractivity contribution in [3.63, 3.8) is 0 Å². The van der Waals surface area contributed by atoms with Gasteiger partial charge in [0.2, 0.25) is 11.8 Å². The fourth-order valence-corrected chi connectivity index (χ4v) is 3.49. The Bertz CT molecular complexity index is 1000. The van der Waals surface area contributed by atoms with Gasteiger partial charge >= 0.3 is 6.36 Å². The molecule has 1 amide bonds. The standard InChI is InChI=1S/C21H21F3N4O4/c1-12(19-26-27-20(30-19)14-9-15(10-14)31-21(22,23)24)7-8-25-18(29)16-11-17(32-28-16)13-5-3-2-4-6-13/h2-6,14-15,17H,1,7-11H2,(H,25,29)/t14?,15?,17-/m1/s1. The Morgan fingerprint density at radius 3 is 2.69 bits per heavy atom. The van der Waals surface area contributed by atoms with Crippen molar-refractivity contribution in [3.05, 3.63) is 54.3 Å². The molecule has 32 heavy (non-hydrogen) atoms. The Hall–Kier alpha value is -3.21. The van der Waals surface area contributed by atoms with Crippen LogP contribution in [0.5, 0.6) is 0 Å². The maximum atomic E-state index is 12.3. The van der Waals surface area contributed by atoms with Gasteiger partial charge in [-0.2, -0.15) is 0 Å². The Morgan fingerprint density at radius 2 is 1.97 bits per heavy atom. The number of alkyl halides is 3. The molecule has 2 aromatic rings. The number of amides is 1. The van der Waals surface area contributed by atoms with E-state index in [1.807, 2.05) is 30.3 Å².